The van der Waals surface area contributed by atoms with Crippen molar-refractivity contribution in [2.75, 3.05) is 6.54 Å². The average Bonchev–Trinajstić information content (AvgIpc) is 3.11. The summed E-state index contributed by atoms with van der Waals surface area (Å²) in [5.41, 5.74) is 6.82. The summed E-state index contributed by atoms with van der Waals surface area (Å²) in [6.07, 6.45) is -0.397. The largest absolute Gasteiger partial charge is 0.487 e. The first-order chi connectivity index (χ1) is 14.0. The van der Waals surface area contributed by atoms with Gasteiger partial charge < -0.3 is 14.7 Å². The molecule has 1 heterocycles. The Labute approximate surface area is 171 Å². The van der Waals surface area contributed by atoms with Crippen LogP contribution in [0.25, 0.3) is 11.1 Å². The number of carbonyl (C=O) groups is 1. The molecule has 0 saturated carbocycles. The van der Waals surface area contributed by atoms with Crippen LogP contribution in [-0.2, 0) is 13.0 Å². The zero-order chi connectivity index (χ0) is 20.4. The van der Waals surface area contributed by atoms with Gasteiger partial charge in [-0.05, 0) is 41.7 Å². The number of amides is 1. The maximum atomic E-state index is 11.8. The number of benzene rings is 3. The Balaban J connectivity index is 1.57. The predicted molar refractivity (Wildman–Crippen MR) is 114 cm³/mol. The zero-order valence-corrected chi connectivity index (χ0v) is 16.8. The molecule has 4 heteroatoms. The molecule has 0 fully saturated rings. The highest BCUT2D eigenvalue weighted by atomic mass is 16.5. The Bertz CT molecular complexity index is 1010. The van der Waals surface area contributed by atoms with Crippen molar-refractivity contribution in [2.45, 2.75) is 32.9 Å². The van der Waals surface area contributed by atoms with E-state index in [0.717, 1.165) is 22.4 Å². The van der Waals surface area contributed by atoms with Crippen LogP contribution in [0.4, 0.5) is 4.79 Å². The highest BCUT2D eigenvalue weighted by Crippen LogP contribution is 2.41. The second-order valence-corrected chi connectivity index (χ2v) is 7.65. The maximum absolute atomic E-state index is 11.8. The minimum atomic E-state index is -0.927. The fourth-order valence-corrected chi connectivity index (χ4v) is 4.14. The van der Waals surface area contributed by atoms with Gasteiger partial charge in [0.15, 0.2) is 0 Å². The normalized spacial score (nSPS) is 14.9. The van der Waals surface area contributed by atoms with E-state index in [-0.39, 0.29) is 6.10 Å². The lowest BCUT2D eigenvalue weighted by atomic mass is 9.93. The maximum Gasteiger partial charge on any atom is 0.407 e. The number of hydrogen-bond acceptors (Lipinski definition) is 2. The summed E-state index contributed by atoms with van der Waals surface area (Å²) in [5.74, 6) is 0.889. The summed E-state index contributed by atoms with van der Waals surface area (Å²) in [5, 5.41) is 9.69. The highest BCUT2D eigenvalue weighted by Gasteiger charge is 2.29. The molecule has 1 N–H and O–H groups in total. The number of hydrogen-bond donors (Lipinski definition) is 1. The SMILES string of the molecule is Cc1cccc(C)c1-c1cccc2c1OC(CN(Cc1ccccc1)C(=O)O)C2. The second-order valence-electron chi connectivity index (χ2n) is 7.65. The molecular formula is C25H25NO3. The number of nitrogens with zero attached hydrogens (tertiary/aromatic N) is 1. The topological polar surface area (TPSA) is 49.8 Å². The lowest BCUT2D eigenvalue weighted by molar-refractivity contribution is 0.113. The molecule has 0 spiro atoms. The molecule has 0 bridgehead atoms. The van der Waals surface area contributed by atoms with Crippen molar-refractivity contribution in [1.82, 2.24) is 4.90 Å². The van der Waals surface area contributed by atoms with E-state index in [0.29, 0.717) is 19.5 Å². The number of carboxylic acid groups (broad SMARTS) is 1. The summed E-state index contributed by atoms with van der Waals surface area (Å²) in [6.45, 7) is 4.92. The van der Waals surface area contributed by atoms with Gasteiger partial charge in [0.2, 0.25) is 0 Å². The van der Waals surface area contributed by atoms with Crippen molar-refractivity contribution in [3.8, 4) is 16.9 Å². The van der Waals surface area contributed by atoms with Gasteiger partial charge in [0.25, 0.3) is 0 Å². The Kier molecular flexibility index (Phi) is 5.26. The van der Waals surface area contributed by atoms with Gasteiger partial charge in [-0.1, -0.05) is 66.7 Å². The number of ether oxygens (including phenoxy) is 1. The fourth-order valence-electron chi connectivity index (χ4n) is 4.14. The number of fused-ring (bicyclic) bond motifs is 1. The van der Waals surface area contributed by atoms with Gasteiger partial charge in [0.05, 0.1) is 6.54 Å². The molecule has 1 aliphatic heterocycles. The molecule has 4 rings (SSSR count). The summed E-state index contributed by atoms with van der Waals surface area (Å²) < 4.78 is 6.32. The Hall–Kier alpha value is -3.27. The highest BCUT2D eigenvalue weighted by molar-refractivity contribution is 5.78. The molecule has 4 nitrogen and oxygen atoms in total. The third-order valence-corrected chi connectivity index (χ3v) is 5.49. The van der Waals surface area contributed by atoms with Crippen molar-refractivity contribution >= 4 is 6.09 Å². The van der Waals surface area contributed by atoms with Crippen LogP contribution in [0.5, 0.6) is 5.75 Å². The van der Waals surface area contributed by atoms with E-state index < -0.39 is 6.09 Å². The van der Waals surface area contributed by atoms with E-state index in [4.69, 9.17) is 4.74 Å². The zero-order valence-electron chi connectivity index (χ0n) is 16.8. The summed E-state index contributed by atoms with van der Waals surface area (Å²) >= 11 is 0. The number of aryl methyl sites for hydroxylation is 2. The summed E-state index contributed by atoms with van der Waals surface area (Å²) in [4.78, 5) is 13.2. The molecule has 0 radical (unpaired) electrons. The molecule has 1 atom stereocenters. The van der Waals surface area contributed by atoms with E-state index in [1.807, 2.05) is 30.3 Å². The Morgan fingerprint density at radius 2 is 1.69 bits per heavy atom. The van der Waals surface area contributed by atoms with Crippen LogP contribution in [-0.4, -0.2) is 28.7 Å². The van der Waals surface area contributed by atoms with Crippen LogP contribution in [0, 0.1) is 13.8 Å². The molecule has 3 aromatic rings. The van der Waals surface area contributed by atoms with Crippen molar-refractivity contribution < 1.29 is 14.6 Å². The lowest BCUT2D eigenvalue weighted by Gasteiger charge is -2.23. The van der Waals surface area contributed by atoms with Gasteiger partial charge in [0.1, 0.15) is 11.9 Å². The number of para-hydroxylation sites is 1. The predicted octanol–water partition coefficient (Wildman–Crippen LogP) is 5.45. The Morgan fingerprint density at radius 3 is 2.38 bits per heavy atom. The average molecular weight is 387 g/mol. The molecule has 148 valence electrons. The third kappa shape index (κ3) is 3.97. The van der Waals surface area contributed by atoms with E-state index >= 15 is 0 Å². The smallest absolute Gasteiger partial charge is 0.407 e. The molecule has 29 heavy (non-hydrogen) atoms. The lowest BCUT2D eigenvalue weighted by Crippen LogP contribution is -2.37. The van der Waals surface area contributed by atoms with Gasteiger partial charge in [-0.25, -0.2) is 4.79 Å². The second kappa shape index (κ2) is 8.00. The molecule has 0 saturated heterocycles. The van der Waals surface area contributed by atoms with Crippen molar-refractivity contribution in [2.24, 2.45) is 0 Å². The molecule has 0 aromatic heterocycles. The first-order valence-corrected chi connectivity index (χ1v) is 9.90. The van der Waals surface area contributed by atoms with Gasteiger partial charge in [-0.15, -0.1) is 0 Å². The minimum Gasteiger partial charge on any atom is -0.487 e. The summed E-state index contributed by atoms with van der Waals surface area (Å²) in [7, 11) is 0. The van der Waals surface area contributed by atoms with Crippen LogP contribution in [0.3, 0.4) is 0 Å². The molecule has 1 amide bonds. The van der Waals surface area contributed by atoms with Gasteiger partial charge >= 0.3 is 6.09 Å². The van der Waals surface area contributed by atoms with Crippen molar-refractivity contribution in [3.05, 3.63) is 89.0 Å². The third-order valence-electron chi connectivity index (χ3n) is 5.49. The van der Waals surface area contributed by atoms with E-state index in [1.165, 1.54) is 21.6 Å². The Morgan fingerprint density at radius 1 is 1.00 bits per heavy atom. The molecular weight excluding hydrogens is 362 g/mol. The van der Waals surface area contributed by atoms with E-state index in [1.54, 1.807) is 0 Å². The van der Waals surface area contributed by atoms with Crippen LogP contribution in [0.1, 0.15) is 22.3 Å². The monoisotopic (exact) mass is 387 g/mol. The van der Waals surface area contributed by atoms with Crippen LogP contribution < -0.4 is 4.74 Å². The first kappa shape index (κ1) is 19.1. The van der Waals surface area contributed by atoms with Crippen LogP contribution >= 0.6 is 0 Å². The molecule has 1 aliphatic rings. The van der Waals surface area contributed by atoms with Gasteiger partial charge in [0, 0.05) is 18.5 Å². The van der Waals surface area contributed by atoms with Gasteiger partial charge in [-0.2, -0.15) is 0 Å². The van der Waals surface area contributed by atoms with E-state index in [9.17, 15) is 9.90 Å². The molecule has 3 aromatic carbocycles. The van der Waals surface area contributed by atoms with E-state index in [2.05, 4.69) is 50.2 Å². The first-order valence-electron chi connectivity index (χ1n) is 9.90. The van der Waals surface area contributed by atoms with Crippen LogP contribution in [0.2, 0.25) is 0 Å². The standard InChI is InChI=1S/C25H25NO3/c1-17-8-6-9-18(2)23(17)22-13-7-12-20-14-21(29-24(20)22)16-26(25(27)28)15-19-10-4-3-5-11-19/h3-13,21H,14-16H2,1-2H3,(H,27,28). The summed E-state index contributed by atoms with van der Waals surface area (Å²) in [6, 6.07) is 22.2. The molecule has 0 aliphatic carbocycles. The van der Waals surface area contributed by atoms with Gasteiger partial charge in [-0.3, -0.25) is 0 Å². The minimum absolute atomic E-state index is 0.185. The van der Waals surface area contributed by atoms with Crippen LogP contribution in [0.15, 0.2) is 66.7 Å². The quantitative estimate of drug-likeness (QED) is 0.633. The number of rotatable bonds is 5. The fraction of sp³-hybridized carbons (Fsp3) is 0.240. The van der Waals surface area contributed by atoms with Crippen molar-refractivity contribution in [3.63, 3.8) is 0 Å². The molecule has 1 unspecified atom stereocenters. The van der Waals surface area contributed by atoms with Crippen molar-refractivity contribution in [1.29, 1.82) is 0 Å².